The number of benzene rings is 2. The van der Waals surface area contributed by atoms with Gasteiger partial charge in [-0.05, 0) is 61.6 Å². The van der Waals surface area contributed by atoms with E-state index < -0.39 is 15.9 Å². The van der Waals surface area contributed by atoms with E-state index >= 15 is 0 Å². The molecule has 2 aromatic rings. The minimum atomic E-state index is -3.91. The second-order valence-electron chi connectivity index (χ2n) is 7.56. The third-order valence-corrected chi connectivity index (χ3v) is 6.61. The van der Waals surface area contributed by atoms with Crippen LogP contribution in [0.15, 0.2) is 70.2 Å². The molecule has 0 fully saturated rings. The molecule has 0 saturated heterocycles. The highest BCUT2D eigenvalue weighted by Gasteiger charge is 2.19. The number of nitrogens with zero attached hydrogens (tertiary/aromatic N) is 1. The molecular weight excluding hydrogens is 426 g/mol. The molecule has 0 unspecified atom stereocenters. The zero-order valence-corrected chi connectivity index (χ0v) is 19.2. The van der Waals surface area contributed by atoms with E-state index in [0.717, 1.165) is 37.8 Å². The Kier molecular flexibility index (Phi) is 8.05. The fraction of sp³-hybridized carbons (Fsp3) is 0.333. The van der Waals surface area contributed by atoms with Crippen molar-refractivity contribution in [1.29, 1.82) is 0 Å². The summed E-state index contributed by atoms with van der Waals surface area (Å²) in [5.74, 6) is -0.0493. The summed E-state index contributed by atoms with van der Waals surface area (Å²) in [5.41, 5.74) is 5.20. The van der Waals surface area contributed by atoms with Gasteiger partial charge in [0.05, 0.1) is 23.4 Å². The van der Waals surface area contributed by atoms with E-state index in [4.69, 9.17) is 4.74 Å². The highest BCUT2D eigenvalue weighted by atomic mass is 32.2. The third kappa shape index (κ3) is 5.97. The van der Waals surface area contributed by atoms with Crippen LogP contribution in [0, 0.1) is 0 Å². The number of carbonyl (C=O) groups is 1. The molecule has 170 valence electrons. The first-order valence-electron chi connectivity index (χ1n) is 10.8. The Bertz CT molecular complexity index is 1120. The number of allylic oxidation sites excluding steroid dienone is 2. The standard InChI is InChI=1S/C24H29N3O4S/c1-3-4-5-10-18-11-9-15-21(18)25-26-24(28)19-12-8-13-20(17-19)32(29,30)27-22-14-6-7-16-23(22)31-2/h6-8,11-14,16-17,27H,3-5,9-10,15H2,1-2H3,(H,26,28). The molecule has 0 saturated carbocycles. The van der Waals surface area contributed by atoms with Crippen LogP contribution in [0.3, 0.4) is 0 Å². The number of ether oxygens (including phenoxy) is 1. The summed E-state index contributed by atoms with van der Waals surface area (Å²) in [7, 11) is -2.44. The van der Waals surface area contributed by atoms with Gasteiger partial charge < -0.3 is 4.74 Å². The molecule has 0 aliphatic heterocycles. The Morgan fingerprint density at radius 1 is 1.12 bits per heavy atom. The van der Waals surface area contributed by atoms with Crippen molar-refractivity contribution in [1.82, 2.24) is 5.43 Å². The van der Waals surface area contributed by atoms with Crippen molar-refractivity contribution in [3.63, 3.8) is 0 Å². The summed E-state index contributed by atoms with van der Waals surface area (Å²) in [6, 6.07) is 12.6. The number of hydrogen-bond donors (Lipinski definition) is 2. The second kappa shape index (κ2) is 10.9. The summed E-state index contributed by atoms with van der Waals surface area (Å²) in [6.07, 6.45) is 8.30. The van der Waals surface area contributed by atoms with E-state index in [1.165, 1.54) is 37.3 Å². The Balaban J connectivity index is 1.71. The van der Waals surface area contributed by atoms with Gasteiger partial charge in [-0.3, -0.25) is 9.52 Å². The summed E-state index contributed by atoms with van der Waals surface area (Å²) in [5, 5.41) is 4.31. The minimum Gasteiger partial charge on any atom is -0.495 e. The number of hydrazone groups is 1. The van der Waals surface area contributed by atoms with Gasteiger partial charge in [0.2, 0.25) is 0 Å². The fourth-order valence-corrected chi connectivity index (χ4v) is 4.64. The van der Waals surface area contributed by atoms with E-state index in [1.54, 1.807) is 30.3 Å². The number of nitrogens with one attached hydrogen (secondary N) is 2. The average Bonchev–Trinajstić information content (AvgIpc) is 3.25. The molecular formula is C24H29N3O4S. The smallest absolute Gasteiger partial charge is 0.271 e. The number of para-hydroxylation sites is 2. The molecule has 7 nitrogen and oxygen atoms in total. The Hall–Kier alpha value is -3.13. The van der Waals surface area contributed by atoms with Gasteiger partial charge in [-0.15, -0.1) is 0 Å². The maximum Gasteiger partial charge on any atom is 0.271 e. The molecule has 0 aromatic heterocycles. The van der Waals surface area contributed by atoms with Crippen molar-refractivity contribution in [3.05, 3.63) is 65.7 Å². The highest BCUT2D eigenvalue weighted by molar-refractivity contribution is 7.92. The molecule has 0 spiro atoms. The largest absolute Gasteiger partial charge is 0.495 e. The van der Waals surface area contributed by atoms with Gasteiger partial charge in [0.15, 0.2) is 0 Å². The van der Waals surface area contributed by atoms with E-state index in [1.807, 2.05) is 0 Å². The van der Waals surface area contributed by atoms with Crippen molar-refractivity contribution < 1.29 is 17.9 Å². The molecule has 0 heterocycles. The lowest BCUT2D eigenvalue weighted by atomic mass is 10.1. The van der Waals surface area contributed by atoms with Gasteiger partial charge in [0.1, 0.15) is 5.75 Å². The number of sulfonamides is 1. The van der Waals surface area contributed by atoms with Gasteiger partial charge in [-0.25, -0.2) is 13.8 Å². The molecule has 8 heteroatoms. The van der Waals surface area contributed by atoms with Crippen molar-refractivity contribution in [2.24, 2.45) is 5.10 Å². The number of unbranched alkanes of at least 4 members (excludes halogenated alkanes) is 2. The first-order chi connectivity index (χ1) is 15.4. The van der Waals surface area contributed by atoms with Crippen LogP contribution in [-0.4, -0.2) is 27.1 Å². The van der Waals surface area contributed by atoms with E-state index in [-0.39, 0.29) is 10.5 Å². The van der Waals surface area contributed by atoms with E-state index in [2.05, 4.69) is 28.2 Å². The van der Waals surface area contributed by atoms with Crippen LogP contribution in [-0.2, 0) is 10.0 Å². The highest BCUT2D eigenvalue weighted by Crippen LogP contribution is 2.26. The Labute approximate surface area is 189 Å². The maximum absolute atomic E-state index is 12.8. The number of methoxy groups -OCH3 is 1. The van der Waals surface area contributed by atoms with Crippen molar-refractivity contribution in [3.8, 4) is 5.75 Å². The molecule has 32 heavy (non-hydrogen) atoms. The molecule has 1 aliphatic carbocycles. The van der Waals surface area contributed by atoms with Gasteiger partial charge >= 0.3 is 0 Å². The quantitative estimate of drug-likeness (QED) is 0.394. The molecule has 1 aliphatic rings. The molecule has 2 aromatic carbocycles. The lowest BCUT2D eigenvalue weighted by molar-refractivity contribution is 0.0954. The number of anilines is 1. The summed E-state index contributed by atoms with van der Waals surface area (Å²) in [4.78, 5) is 12.6. The predicted octanol–water partition coefficient (Wildman–Crippen LogP) is 4.88. The summed E-state index contributed by atoms with van der Waals surface area (Å²) in [6.45, 7) is 2.17. The van der Waals surface area contributed by atoms with Crippen molar-refractivity contribution in [2.75, 3.05) is 11.8 Å². The Morgan fingerprint density at radius 2 is 1.94 bits per heavy atom. The van der Waals surface area contributed by atoms with Crippen molar-refractivity contribution >= 4 is 27.3 Å². The second-order valence-corrected chi connectivity index (χ2v) is 9.24. The van der Waals surface area contributed by atoms with Crippen LogP contribution >= 0.6 is 0 Å². The van der Waals surface area contributed by atoms with Gasteiger partial charge in [0.25, 0.3) is 15.9 Å². The maximum atomic E-state index is 12.8. The average molecular weight is 456 g/mol. The monoisotopic (exact) mass is 455 g/mol. The molecule has 0 bridgehead atoms. The van der Waals surface area contributed by atoms with Crippen LogP contribution < -0.4 is 14.9 Å². The molecule has 3 rings (SSSR count). The number of amides is 1. The lowest BCUT2D eigenvalue weighted by Crippen LogP contribution is -2.21. The zero-order chi connectivity index (χ0) is 23.0. The SMILES string of the molecule is CCCCCC1=CCCC1=NNC(=O)c1cccc(S(=O)(=O)Nc2ccccc2OC)c1. The first-order valence-corrected chi connectivity index (χ1v) is 12.2. The number of carbonyl (C=O) groups excluding carboxylic acids is 1. The molecule has 0 atom stereocenters. The van der Waals surface area contributed by atoms with Gasteiger partial charge in [-0.1, -0.05) is 44.0 Å². The number of rotatable bonds is 10. The fourth-order valence-electron chi connectivity index (χ4n) is 3.52. The minimum absolute atomic E-state index is 0.0234. The normalized spacial score (nSPS) is 14.8. The third-order valence-electron chi connectivity index (χ3n) is 5.24. The number of hydrogen-bond acceptors (Lipinski definition) is 5. The van der Waals surface area contributed by atoms with Crippen LogP contribution in [0.25, 0.3) is 0 Å². The first kappa shape index (κ1) is 23.5. The van der Waals surface area contributed by atoms with E-state index in [9.17, 15) is 13.2 Å². The predicted molar refractivity (Wildman–Crippen MR) is 127 cm³/mol. The van der Waals surface area contributed by atoms with Crippen molar-refractivity contribution in [2.45, 2.75) is 50.3 Å². The molecule has 2 N–H and O–H groups in total. The molecule has 0 radical (unpaired) electrons. The van der Waals surface area contributed by atoms with Crippen LogP contribution in [0.5, 0.6) is 5.75 Å². The van der Waals surface area contributed by atoms with Gasteiger partial charge in [-0.2, -0.15) is 5.10 Å². The Morgan fingerprint density at radius 3 is 2.72 bits per heavy atom. The lowest BCUT2D eigenvalue weighted by Gasteiger charge is -2.12. The van der Waals surface area contributed by atoms with Crippen LogP contribution in [0.2, 0.25) is 0 Å². The van der Waals surface area contributed by atoms with Crippen LogP contribution in [0.1, 0.15) is 55.8 Å². The zero-order valence-electron chi connectivity index (χ0n) is 18.4. The van der Waals surface area contributed by atoms with E-state index in [0.29, 0.717) is 11.4 Å². The van der Waals surface area contributed by atoms with Gasteiger partial charge in [0, 0.05) is 5.56 Å². The van der Waals surface area contributed by atoms with Crippen LogP contribution in [0.4, 0.5) is 5.69 Å². The topological polar surface area (TPSA) is 96.9 Å². The summed E-state index contributed by atoms with van der Waals surface area (Å²) >= 11 is 0. The molecule has 1 amide bonds. The summed E-state index contributed by atoms with van der Waals surface area (Å²) < 4.78 is 33.4.